The van der Waals surface area contributed by atoms with Crippen molar-refractivity contribution in [1.82, 2.24) is 4.98 Å². The zero-order valence-electron chi connectivity index (χ0n) is 7.10. The van der Waals surface area contributed by atoms with Crippen molar-refractivity contribution >= 4 is 12.6 Å². The number of ether oxygens (including phenoxy) is 1. The van der Waals surface area contributed by atoms with E-state index in [1.54, 1.807) is 0 Å². The standard InChI is InChI=1S/C7H8BF2NO3/c9-7(10)4-14-6-1-5(8(12)13)2-11-3-6/h1-3,7,12-13H,4H2. The number of aromatic nitrogens is 1. The summed E-state index contributed by atoms with van der Waals surface area (Å²) in [5.74, 6) is 0.0795. The van der Waals surface area contributed by atoms with E-state index in [1.807, 2.05) is 0 Å². The molecule has 0 aliphatic heterocycles. The molecular formula is C7H8BF2NO3. The van der Waals surface area contributed by atoms with E-state index in [9.17, 15) is 8.78 Å². The number of nitrogens with zero attached hydrogens (tertiary/aromatic N) is 1. The van der Waals surface area contributed by atoms with Gasteiger partial charge in [0.2, 0.25) is 0 Å². The summed E-state index contributed by atoms with van der Waals surface area (Å²) in [7, 11) is -1.68. The third-order valence-corrected chi connectivity index (χ3v) is 1.41. The molecule has 0 saturated carbocycles. The Morgan fingerprint density at radius 1 is 1.43 bits per heavy atom. The van der Waals surface area contributed by atoms with Gasteiger partial charge < -0.3 is 14.8 Å². The normalized spacial score (nSPS) is 10.4. The minimum atomic E-state index is -2.57. The molecule has 0 radical (unpaired) electrons. The number of rotatable bonds is 4. The third kappa shape index (κ3) is 3.27. The van der Waals surface area contributed by atoms with Gasteiger partial charge >= 0.3 is 7.12 Å². The molecule has 0 bridgehead atoms. The number of hydrogen-bond acceptors (Lipinski definition) is 4. The SMILES string of the molecule is OB(O)c1cncc(OCC(F)F)c1. The van der Waals surface area contributed by atoms with Crippen LogP contribution in [0.25, 0.3) is 0 Å². The second kappa shape index (κ2) is 4.87. The van der Waals surface area contributed by atoms with E-state index in [0.29, 0.717) is 0 Å². The summed E-state index contributed by atoms with van der Waals surface area (Å²) in [6, 6.07) is 1.24. The molecule has 0 amide bonds. The Labute approximate surface area is 79.3 Å². The van der Waals surface area contributed by atoms with Crippen LogP contribution in [0.4, 0.5) is 8.78 Å². The Morgan fingerprint density at radius 2 is 2.14 bits per heavy atom. The van der Waals surface area contributed by atoms with Gasteiger partial charge in [-0.1, -0.05) is 0 Å². The van der Waals surface area contributed by atoms with Gasteiger partial charge in [0.15, 0.2) is 0 Å². The first-order chi connectivity index (χ1) is 6.59. The molecule has 1 heterocycles. The topological polar surface area (TPSA) is 62.6 Å². The molecule has 0 atom stereocenters. The average Bonchev–Trinajstić information content (AvgIpc) is 2.15. The number of halogens is 2. The van der Waals surface area contributed by atoms with Crippen molar-refractivity contribution in [3.8, 4) is 5.75 Å². The zero-order valence-corrected chi connectivity index (χ0v) is 7.10. The molecule has 0 fully saturated rings. The molecule has 0 aliphatic carbocycles. The maximum absolute atomic E-state index is 11.7. The highest BCUT2D eigenvalue weighted by molar-refractivity contribution is 6.58. The van der Waals surface area contributed by atoms with Gasteiger partial charge in [0.05, 0.1) is 6.20 Å². The van der Waals surface area contributed by atoms with Crippen LogP contribution in [-0.4, -0.2) is 35.2 Å². The van der Waals surface area contributed by atoms with Gasteiger partial charge in [-0.2, -0.15) is 0 Å². The maximum atomic E-state index is 11.7. The molecule has 1 rings (SSSR count). The molecule has 76 valence electrons. The lowest BCUT2D eigenvalue weighted by Gasteiger charge is -2.05. The second-order valence-electron chi connectivity index (χ2n) is 2.53. The van der Waals surface area contributed by atoms with Crippen molar-refractivity contribution < 1.29 is 23.6 Å². The Hall–Kier alpha value is -1.21. The summed E-state index contributed by atoms with van der Waals surface area (Å²) in [4.78, 5) is 3.59. The third-order valence-electron chi connectivity index (χ3n) is 1.41. The highest BCUT2D eigenvalue weighted by Crippen LogP contribution is 2.06. The van der Waals surface area contributed by atoms with E-state index in [1.165, 1.54) is 18.5 Å². The van der Waals surface area contributed by atoms with Gasteiger partial charge in [-0.15, -0.1) is 0 Å². The zero-order chi connectivity index (χ0) is 10.6. The average molecular weight is 203 g/mol. The molecule has 14 heavy (non-hydrogen) atoms. The highest BCUT2D eigenvalue weighted by atomic mass is 19.3. The Bertz CT molecular complexity index is 298. The number of alkyl halides is 2. The first-order valence-electron chi connectivity index (χ1n) is 3.81. The van der Waals surface area contributed by atoms with Crippen molar-refractivity contribution in [2.24, 2.45) is 0 Å². The van der Waals surface area contributed by atoms with E-state index in [-0.39, 0.29) is 11.2 Å². The first-order valence-corrected chi connectivity index (χ1v) is 3.81. The fourth-order valence-electron chi connectivity index (χ4n) is 0.815. The summed E-state index contributed by atoms with van der Waals surface area (Å²) >= 11 is 0. The summed E-state index contributed by atoms with van der Waals surface area (Å²) in [6.07, 6.45) is -0.147. The second-order valence-corrected chi connectivity index (χ2v) is 2.53. The fourth-order valence-corrected chi connectivity index (χ4v) is 0.815. The lowest BCUT2D eigenvalue weighted by molar-refractivity contribution is 0.0817. The molecule has 0 aliphatic rings. The first kappa shape index (κ1) is 10.9. The van der Waals surface area contributed by atoms with Gasteiger partial charge in [0.25, 0.3) is 6.43 Å². The van der Waals surface area contributed by atoms with Crippen LogP contribution in [0.5, 0.6) is 5.75 Å². The summed E-state index contributed by atoms with van der Waals surface area (Å²) in [5, 5.41) is 17.5. The molecular weight excluding hydrogens is 195 g/mol. The van der Waals surface area contributed by atoms with Crippen molar-refractivity contribution in [2.45, 2.75) is 6.43 Å². The maximum Gasteiger partial charge on any atom is 0.490 e. The van der Waals surface area contributed by atoms with Crippen LogP contribution in [0.1, 0.15) is 0 Å². The Kier molecular flexibility index (Phi) is 3.78. The molecule has 0 unspecified atom stereocenters. The van der Waals surface area contributed by atoms with Crippen LogP contribution in [0.15, 0.2) is 18.5 Å². The lowest BCUT2D eigenvalue weighted by atomic mass is 9.82. The molecule has 0 saturated heterocycles. The van der Waals surface area contributed by atoms with Gasteiger partial charge in [-0.05, 0) is 6.07 Å². The van der Waals surface area contributed by atoms with Crippen molar-refractivity contribution in [2.75, 3.05) is 6.61 Å². The van der Waals surface area contributed by atoms with Crippen LogP contribution in [0, 0.1) is 0 Å². The van der Waals surface area contributed by atoms with Gasteiger partial charge in [0.1, 0.15) is 12.4 Å². The quantitative estimate of drug-likeness (QED) is 0.641. The van der Waals surface area contributed by atoms with E-state index in [0.717, 1.165) is 0 Å². The van der Waals surface area contributed by atoms with Crippen LogP contribution in [-0.2, 0) is 0 Å². The largest absolute Gasteiger partial charge is 0.490 e. The van der Waals surface area contributed by atoms with Gasteiger partial charge in [-0.25, -0.2) is 8.78 Å². The minimum Gasteiger partial charge on any atom is -0.486 e. The minimum absolute atomic E-state index is 0.0795. The van der Waals surface area contributed by atoms with Crippen LogP contribution in [0.2, 0.25) is 0 Å². The molecule has 0 spiro atoms. The molecule has 1 aromatic heterocycles. The molecule has 7 heteroatoms. The predicted octanol–water partition coefficient (Wildman–Crippen LogP) is -0.595. The van der Waals surface area contributed by atoms with Crippen molar-refractivity contribution in [3.63, 3.8) is 0 Å². The molecule has 4 nitrogen and oxygen atoms in total. The summed E-state index contributed by atoms with van der Waals surface area (Å²) < 4.78 is 28.1. The number of hydrogen-bond donors (Lipinski definition) is 2. The Morgan fingerprint density at radius 3 is 2.71 bits per heavy atom. The predicted molar refractivity (Wildman–Crippen MR) is 45.6 cm³/mol. The highest BCUT2D eigenvalue weighted by Gasteiger charge is 2.12. The number of pyridine rings is 1. The smallest absolute Gasteiger partial charge is 0.486 e. The van der Waals surface area contributed by atoms with Gasteiger partial charge in [0, 0.05) is 11.7 Å². The lowest BCUT2D eigenvalue weighted by Crippen LogP contribution is -2.30. The van der Waals surface area contributed by atoms with Crippen molar-refractivity contribution in [3.05, 3.63) is 18.5 Å². The summed E-state index contributed by atoms with van der Waals surface area (Å²) in [5.41, 5.74) is 0.0942. The summed E-state index contributed by atoms with van der Waals surface area (Å²) in [6.45, 7) is -0.743. The van der Waals surface area contributed by atoms with E-state index >= 15 is 0 Å². The van der Waals surface area contributed by atoms with E-state index in [4.69, 9.17) is 10.0 Å². The van der Waals surface area contributed by atoms with E-state index < -0.39 is 20.2 Å². The van der Waals surface area contributed by atoms with Crippen molar-refractivity contribution in [1.29, 1.82) is 0 Å². The fraction of sp³-hybridized carbons (Fsp3) is 0.286. The van der Waals surface area contributed by atoms with Crippen LogP contribution >= 0.6 is 0 Å². The molecule has 0 aromatic carbocycles. The molecule has 2 N–H and O–H groups in total. The Balaban J connectivity index is 2.64. The van der Waals surface area contributed by atoms with E-state index in [2.05, 4.69) is 9.72 Å². The van der Waals surface area contributed by atoms with Gasteiger partial charge in [-0.3, -0.25) is 4.98 Å². The molecule has 1 aromatic rings. The van der Waals surface area contributed by atoms with Crippen LogP contribution < -0.4 is 10.2 Å². The monoisotopic (exact) mass is 203 g/mol. The van der Waals surface area contributed by atoms with Crippen LogP contribution in [0.3, 0.4) is 0 Å².